The van der Waals surface area contributed by atoms with Crippen molar-refractivity contribution >= 4 is 34.5 Å². The number of rotatable bonds is 4. The van der Waals surface area contributed by atoms with Gasteiger partial charge in [0.15, 0.2) is 0 Å². The number of anilines is 1. The van der Waals surface area contributed by atoms with Crippen molar-refractivity contribution in [3.63, 3.8) is 0 Å². The van der Waals surface area contributed by atoms with Crippen LogP contribution in [0.25, 0.3) is 0 Å². The van der Waals surface area contributed by atoms with Crippen LogP contribution in [0.4, 0.5) is 5.69 Å². The molecule has 3 N–H and O–H groups in total. The number of hydrogen-bond acceptors (Lipinski definition) is 5. The SMILES string of the molecule is N#Cc1ccc(NC(=O)c2csc(CCN)n2)c(Cl)c1. The van der Waals surface area contributed by atoms with Gasteiger partial charge in [-0.15, -0.1) is 11.3 Å². The first-order chi connectivity index (χ1) is 9.63. The van der Waals surface area contributed by atoms with Crippen LogP contribution in [0.2, 0.25) is 5.02 Å². The molecule has 0 atom stereocenters. The van der Waals surface area contributed by atoms with Crippen LogP contribution in [-0.4, -0.2) is 17.4 Å². The van der Waals surface area contributed by atoms with Crippen LogP contribution < -0.4 is 11.1 Å². The molecule has 0 aliphatic heterocycles. The number of amides is 1. The van der Waals surface area contributed by atoms with E-state index in [2.05, 4.69) is 10.3 Å². The Morgan fingerprint density at radius 1 is 1.55 bits per heavy atom. The molecule has 1 heterocycles. The Bertz CT molecular complexity index is 677. The number of halogens is 1. The van der Waals surface area contributed by atoms with Gasteiger partial charge in [0, 0.05) is 11.8 Å². The van der Waals surface area contributed by atoms with Crippen LogP contribution in [0.15, 0.2) is 23.6 Å². The molecule has 0 unspecified atom stereocenters. The monoisotopic (exact) mass is 306 g/mol. The average molecular weight is 307 g/mol. The maximum Gasteiger partial charge on any atom is 0.275 e. The van der Waals surface area contributed by atoms with E-state index in [0.29, 0.717) is 34.9 Å². The van der Waals surface area contributed by atoms with E-state index >= 15 is 0 Å². The largest absolute Gasteiger partial charge is 0.330 e. The normalized spacial score (nSPS) is 10.1. The first-order valence-corrected chi connectivity index (χ1v) is 7.05. The number of nitrogens with two attached hydrogens (primary N) is 1. The van der Waals surface area contributed by atoms with E-state index in [-0.39, 0.29) is 5.91 Å². The molecule has 0 aliphatic carbocycles. The highest BCUT2D eigenvalue weighted by atomic mass is 35.5. The number of carbonyl (C=O) groups excluding carboxylic acids is 1. The van der Waals surface area contributed by atoms with Gasteiger partial charge in [0.25, 0.3) is 5.91 Å². The predicted molar refractivity (Wildman–Crippen MR) is 79.0 cm³/mol. The Balaban J connectivity index is 2.13. The van der Waals surface area contributed by atoms with E-state index in [0.717, 1.165) is 5.01 Å². The van der Waals surface area contributed by atoms with E-state index in [1.54, 1.807) is 17.5 Å². The summed E-state index contributed by atoms with van der Waals surface area (Å²) in [6, 6.07) is 6.65. The highest BCUT2D eigenvalue weighted by Gasteiger charge is 2.12. The quantitative estimate of drug-likeness (QED) is 0.907. The van der Waals surface area contributed by atoms with Crippen molar-refractivity contribution in [3.8, 4) is 6.07 Å². The van der Waals surface area contributed by atoms with Gasteiger partial charge in [0.2, 0.25) is 0 Å². The highest BCUT2D eigenvalue weighted by molar-refractivity contribution is 7.09. The van der Waals surface area contributed by atoms with Gasteiger partial charge in [-0.1, -0.05) is 11.6 Å². The zero-order valence-electron chi connectivity index (χ0n) is 10.4. The van der Waals surface area contributed by atoms with Crippen LogP contribution in [-0.2, 0) is 6.42 Å². The molecule has 0 aliphatic rings. The zero-order chi connectivity index (χ0) is 14.5. The third-order valence-corrected chi connectivity index (χ3v) is 3.71. The molecule has 20 heavy (non-hydrogen) atoms. The van der Waals surface area contributed by atoms with Crippen molar-refractivity contribution in [1.82, 2.24) is 4.98 Å². The van der Waals surface area contributed by atoms with E-state index in [9.17, 15) is 4.79 Å². The van der Waals surface area contributed by atoms with Crippen molar-refractivity contribution in [1.29, 1.82) is 5.26 Å². The van der Waals surface area contributed by atoms with Gasteiger partial charge >= 0.3 is 0 Å². The van der Waals surface area contributed by atoms with Crippen LogP contribution in [0.3, 0.4) is 0 Å². The number of carbonyl (C=O) groups is 1. The number of aromatic nitrogens is 1. The lowest BCUT2D eigenvalue weighted by molar-refractivity contribution is 0.102. The van der Waals surface area contributed by atoms with Gasteiger partial charge < -0.3 is 11.1 Å². The van der Waals surface area contributed by atoms with Crippen LogP contribution in [0.5, 0.6) is 0 Å². The fourth-order valence-corrected chi connectivity index (χ4v) is 2.55. The van der Waals surface area contributed by atoms with Crippen LogP contribution in [0.1, 0.15) is 21.1 Å². The molecule has 1 aromatic heterocycles. The molecule has 2 rings (SSSR count). The smallest absolute Gasteiger partial charge is 0.275 e. The molecule has 0 radical (unpaired) electrons. The van der Waals surface area contributed by atoms with E-state index < -0.39 is 0 Å². The van der Waals surface area contributed by atoms with E-state index in [1.165, 1.54) is 17.4 Å². The lowest BCUT2D eigenvalue weighted by atomic mass is 10.2. The molecule has 7 heteroatoms. The second kappa shape index (κ2) is 6.48. The minimum absolute atomic E-state index is 0.315. The molecule has 5 nitrogen and oxygen atoms in total. The summed E-state index contributed by atoms with van der Waals surface area (Å²) in [5, 5.41) is 14.2. The Hall–Kier alpha value is -1.94. The minimum Gasteiger partial charge on any atom is -0.330 e. The van der Waals surface area contributed by atoms with Crippen molar-refractivity contribution in [2.24, 2.45) is 5.73 Å². The third kappa shape index (κ3) is 3.33. The fourth-order valence-electron chi connectivity index (χ4n) is 1.53. The zero-order valence-corrected chi connectivity index (χ0v) is 12.0. The molecular formula is C13H11ClN4OS. The Morgan fingerprint density at radius 2 is 2.35 bits per heavy atom. The predicted octanol–water partition coefficient (Wildman–Crippen LogP) is 2.42. The average Bonchev–Trinajstić information content (AvgIpc) is 2.90. The first kappa shape index (κ1) is 14.5. The standard InChI is InChI=1S/C13H11ClN4OS/c14-9-5-8(6-16)1-2-10(9)18-13(19)11-7-20-12(17-11)3-4-15/h1-2,5,7H,3-4,15H2,(H,18,19). The first-order valence-electron chi connectivity index (χ1n) is 5.79. The van der Waals surface area contributed by atoms with Crippen molar-refractivity contribution in [3.05, 3.63) is 44.9 Å². The number of nitrogens with zero attached hydrogens (tertiary/aromatic N) is 2. The summed E-state index contributed by atoms with van der Waals surface area (Å²) in [7, 11) is 0. The van der Waals surface area contributed by atoms with E-state index in [4.69, 9.17) is 22.6 Å². The molecule has 1 aromatic carbocycles. The van der Waals surface area contributed by atoms with E-state index in [1.807, 2.05) is 6.07 Å². The van der Waals surface area contributed by atoms with Gasteiger partial charge in [-0.05, 0) is 24.7 Å². The molecule has 0 saturated carbocycles. The Labute approximate surface area is 125 Å². The lowest BCUT2D eigenvalue weighted by Crippen LogP contribution is -2.13. The highest BCUT2D eigenvalue weighted by Crippen LogP contribution is 2.23. The molecule has 0 fully saturated rings. The van der Waals surface area contributed by atoms with Gasteiger partial charge in [-0.25, -0.2) is 4.98 Å². The summed E-state index contributed by atoms with van der Waals surface area (Å²) < 4.78 is 0. The second-order valence-corrected chi connectivity index (χ2v) is 5.28. The topological polar surface area (TPSA) is 91.8 Å². The van der Waals surface area contributed by atoms with Crippen molar-refractivity contribution in [2.45, 2.75) is 6.42 Å². The molecular weight excluding hydrogens is 296 g/mol. The molecule has 2 aromatic rings. The van der Waals surface area contributed by atoms with Gasteiger partial charge in [-0.2, -0.15) is 5.26 Å². The number of hydrogen-bond donors (Lipinski definition) is 2. The maximum absolute atomic E-state index is 12.0. The molecule has 0 spiro atoms. The summed E-state index contributed by atoms with van der Waals surface area (Å²) in [6.07, 6.45) is 0.648. The summed E-state index contributed by atoms with van der Waals surface area (Å²) in [5.41, 5.74) is 6.66. The molecule has 0 saturated heterocycles. The molecule has 1 amide bonds. The summed E-state index contributed by atoms with van der Waals surface area (Å²) in [4.78, 5) is 16.2. The number of nitriles is 1. The van der Waals surface area contributed by atoms with Gasteiger partial charge in [0.05, 0.1) is 27.4 Å². The van der Waals surface area contributed by atoms with Gasteiger partial charge in [-0.3, -0.25) is 4.79 Å². The maximum atomic E-state index is 12.0. The van der Waals surface area contributed by atoms with Gasteiger partial charge in [0.1, 0.15) is 5.69 Å². The van der Waals surface area contributed by atoms with Crippen LogP contribution in [0, 0.1) is 11.3 Å². The number of nitrogens with one attached hydrogen (secondary N) is 1. The Morgan fingerprint density at radius 3 is 3.00 bits per heavy atom. The molecule has 102 valence electrons. The molecule has 0 bridgehead atoms. The fraction of sp³-hybridized carbons (Fsp3) is 0.154. The number of thiazole rings is 1. The summed E-state index contributed by atoms with van der Waals surface area (Å²) in [6.45, 7) is 0.496. The summed E-state index contributed by atoms with van der Waals surface area (Å²) >= 11 is 7.39. The Kier molecular flexibility index (Phi) is 4.69. The second-order valence-electron chi connectivity index (χ2n) is 3.93. The summed E-state index contributed by atoms with van der Waals surface area (Å²) in [5.74, 6) is -0.337. The minimum atomic E-state index is -0.337. The number of benzene rings is 1. The van der Waals surface area contributed by atoms with Crippen molar-refractivity contribution < 1.29 is 4.79 Å². The van der Waals surface area contributed by atoms with Crippen molar-refractivity contribution in [2.75, 3.05) is 11.9 Å². The lowest BCUT2D eigenvalue weighted by Gasteiger charge is -2.05. The third-order valence-electron chi connectivity index (χ3n) is 2.49. The van der Waals surface area contributed by atoms with Crippen LogP contribution >= 0.6 is 22.9 Å².